The lowest BCUT2D eigenvalue weighted by molar-refractivity contribution is 0.159. The highest BCUT2D eigenvalue weighted by molar-refractivity contribution is 6.03. The molecule has 0 atom stereocenters. The van der Waals surface area contributed by atoms with Crippen LogP contribution in [0.15, 0.2) is 59.4 Å². The van der Waals surface area contributed by atoms with Crippen LogP contribution in [-0.2, 0) is 7.05 Å². The highest BCUT2D eigenvalue weighted by Gasteiger charge is 2.24. The fourth-order valence-corrected chi connectivity index (χ4v) is 3.94. The average molecular weight is 341 g/mol. The summed E-state index contributed by atoms with van der Waals surface area (Å²) in [6.45, 7) is 4.06. The van der Waals surface area contributed by atoms with Crippen molar-refractivity contribution in [3.8, 4) is 5.75 Å². The molecule has 0 aliphatic carbocycles. The highest BCUT2D eigenvalue weighted by atomic mass is 16.5. The van der Waals surface area contributed by atoms with E-state index in [0.29, 0.717) is 0 Å². The number of hydrogen-bond acceptors (Lipinski definition) is 2. The van der Waals surface area contributed by atoms with Gasteiger partial charge in [-0.2, -0.15) is 0 Å². The van der Waals surface area contributed by atoms with Gasteiger partial charge in [-0.05, 0) is 61.0 Å². The molecular weight excluding hydrogens is 322 g/mol. The predicted octanol–water partition coefficient (Wildman–Crippen LogP) is 5.03. The van der Waals surface area contributed by atoms with Gasteiger partial charge < -0.3 is 9.30 Å². The number of aryl methyl sites for hydroxylation is 1. The van der Waals surface area contributed by atoms with E-state index in [9.17, 15) is 4.79 Å². The summed E-state index contributed by atoms with van der Waals surface area (Å²) in [6, 6.07) is 16.0. The van der Waals surface area contributed by atoms with E-state index in [4.69, 9.17) is 4.74 Å². The molecule has 0 saturated carbocycles. The minimum Gasteiger partial charge on any atom is -0.483 e. The lowest BCUT2D eigenvalue weighted by Gasteiger charge is -2.29. The third-order valence-corrected chi connectivity index (χ3v) is 5.25. The van der Waals surface area contributed by atoms with Crippen molar-refractivity contribution < 1.29 is 4.74 Å². The smallest absolute Gasteiger partial charge is 0.197 e. The second-order valence-electron chi connectivity index (χ2n) is 7.52. The monoisotopic (exact) mass is 341 g/mol. The van der Waals surface area contributed by atoms with E-state index in [2.05, 4.69) is 22.8 Å². The van der Waals surface area contributed by atoms with Gasteiger partial charge in [-0.1, -0.05) is 24.3 Å². The second kappa shape index (κ2) is 4.98. The molecule has 0 unspecified atom stereocenters. The summed E-state index contributed by atoms with van der Waals surface area (Å²) >= 11 is 0. The van der Waals surface area contributed by atoms with Gasteiger partial charge in [-0.15, -0.1) is 0 Å². The second-order valence-corrected chi connectivity index (χ2v) is 7.52. The molecule has 26 heavy (non-hydrogen) atoms. The number of nitrogens with zero attached hydrogens (tertiary/aromatic N) is 1. The van der Waals surface area contributed by atoms with E-state index in [0.717, 1.165) is 43.9 Å². The van der Waals surface area contributed by atoms with Crippen LogP contribution in [0.2, 0.25) is 0 Å². The van der Waals surface area contributed by atoms with Gasteiger partial charge in [-0.25, -0.2) is 0 Å². The van der Waals surface area contributed by atoms with Crippen LogP contribution in [0.1, 0.15) is 19.4 Å². The first-order valence-corrected chi connectivity index (χ1v) is 8.81. The Kier molecular flexibility index (Phi) is 2.91. The number of rotatable bonds is 0. The van der Waals surface area contributed by atoms with Gasteiger partial charge in [0.05, 0.1) is 11.0 Å². The fraction of sp³-hybridized carbons (Fsp3) is 0.174. The molecule has 0 fully saturated rings. The van der Waals surface area contributed by atoms with E-state index in [1.807, 2.05) is 63.4 Å². The van der Waals surface area contributed by atoms with Gasteiger partial charge in [-0.3, -0.25) is 4.79 Å². The molecule has 0 amide bonds. The molecule has 1 aromatic heterocycles. The van der Waals surface area contributed by atoms with E-state index in [1.165, 1.54) is 0 Å². The van der Waals surface area contributed by atoms with Crippen molar-refractivity contribution in [2.75, 3.05) is 0 Å². The van der Waals surface area contributed by atoms with E-state index >= 15 is 0 Å². The summed E-state index contributed by atoms with van der Waals surface area (Å²) in [5.74, 6) is 0.820. The van der Waals surface area contributed by atoms with Crippen molar-refractivity contribution in [3.05, 3.63) is 70.4 Å². The van der Waals surface area contributed by atoms with E-state index < -0.39 is 0 Å². The maximum Gasteiger partial charge on any atom is 0.197 e. The molecule has 1 aliphatic heterocycles. The minimum atomic E-state index is -0.341. The Morgan fingerprint density at radius 1 is 0.962 bits per heavy atom. The number of fused-ring (bicyclic) bond motifs is 5. The lowest BCUT2D eigenvalue weighted by atomic mass is 9.98. The Hall–Kier alpha value is -3.07. The quantitative estimate of drug-likeness (QED) is 0.420. The first-order valence-electron chi connectivity index (χ1n) is 8.81. The molecule has 4 aromatic rings. The molecule has 3 nitrogen and oxygen atoms in total. The zero-order valence-corrected chi connectivity index (χ0v) is 15.0. The number of hydrogen-bond donors (Lipinski definition) is 0. The predicted molar refractivity (Wildman–Crippen MR) is 108 cm³/mol. The standard InChI is InChI=1S/C23H19NO2/c1-23(2)11-10-16-20(26-23)9-8-17-21(16)24(3)19-13-15-7-5-4-6-14(15)12-18(19)22(17)25/h4-13H,1-3H3. The Morgan fingerprint density at radius 3 is 2.46 bits per heavy atom. The minimum absolute atomic E-state index is 0.0693. The molecule has 0 radical (unpaired) electrons. The molecule has 3 heteroatoms. The highest BCUT2D eigenvalue weighted by Crippen LogP contribution is 2.36. The zero-order valence-electron chi connectivity index (χ0n) is 15.0. The summed E-state index contributed by atoms with van der Waals surface area (Å²) in [7, 11) is 2.02. The number of benzene rings is 3. The number of ether oxygens (including phenoxy) is 1. The molecule has 0 spiro atoms. The fourth-order valence-electron chi connectivity index (χ4n) is 3.94. The van der Waals surface area contributed by atoms with Gasteiger partial charge in [0, 0.05) is 23.4 Å². The third-order valence-electron chi connectivity index (χ3n) is 5.25. The summed E-state index contributed by atoms with van der Waals surface area (Å²) < 4.78 is 8.22. The van der Waals surface area contributed by atoms with Crippen LogP contribution in [0.5, 0.6) is 5.75 Å². The summed E-state index contributed by atoms with van der Waals surface area (Å²) in [6.07, 6.45) is 4.12. The van der Waals surface area contributed by atoms with Gasteiger partial charge in [0.25, 0.3) is 0 Å². The van der Waals surface area contributed by atoms with Crippen LogP contribution >= 0.6 is 0 Å². The van der Waals surface area contributed by atoms with Crippen molar-refractivity contribution in [1.82, 2.24) is 4.57 Å². The van der Waals surface area contributed by atoms with Crippen LogP contribution < -0.4 is 10.2 Å². The van der Waals surface area contributed by atoms with Gasteiger partial charge in [0.15, 0.2) is 5.43 Å². The van der Waals surface area contributed by atoms with Gasteiger partial charge in [0.1, 0.15) is 11.4 Å². The van der Waals surface area contributed by atoms with E-state index in [1.54, 1.807) is 0 Å². The summed E-state index contributed by atoms with van der Waals surface area (Å²) in [5.41, 5.74) is 2.55. The maximum atomic E-state index is 13.2. The molecule has 128 valence electrons. The molecule has 0 bridgehead atoms. The first kappa shape index (κ1) is 15.2. The first-order chi connectivity index (χ1) is 12.4. The normalized spacial score (nSPS) is 15.3. The lowest BCUT2D eigenvalue weighted by Crippen LogP contribution is -2.27. The van der Waals surface area contributed by atoms with Crippen molar-refractivity contribution in [2.45, 2.75) is 19.4 Å². The molecule has 3 aromatic carbocycles. The van der Waals surface area contributed by atoms with Gasteiger partial charge in [0.2, 0.25) is 0 Å². The molecular formula is C23H19NO2. The number of aromatic nitrogens is 1. The summed E-state index contributed by atoms with van der Waals surface area (Å²) in [5, 5.41) is 3.69. The SMILES string of the molecule is Cn1c2cc3ccccc3cc2c(=O)c2ccc3c(c21)C=CC(C)(C)O3. The van der Waals surface area contributed by atoms with Crippen molar-refractivity contribution >= 4 is 38.7 Å². The largest absolute Gasteiger partial charge is 0.483 e. The van der Waals surface area contributed by atoms with Crippen LogP contribution in [0, 0.1) is 0 Å². The van der Waals surface area contributed by atoms with Crippen LogP contribution in [0.25, 0.3) is 38.7 Å². The Morgan fingerprint density at radius 2 is 1.69 bits per heavy atom. The molecule has 0 N–H and O–H groups in total. The van der Waals surface area contributed by atoms with Crippen molar-refractivity contribution in [2.24, 2.45) is 7.05 Å². The van der Waals surface area contributed by atoms with E-state index in [-0.39, 0.29) is 11.0 Å². The van der Waals surface area contributed by atoms with Crippen LogP contribution in [-0.4, -0.2) is 10.2 Å². The Balaban J connectivity index is 1.97. The molecule has 0 saturated heterocycles. The Labute approximate surface area is 151 Å². The summed E-state index contributed by atoms with van der Waals surface area (Å²) in [4.78, 5) is 13.2. The molecule has 5 rings (SSSR count). The van der Waals surface area contributed by atoms with Gasteiger partial charge >= 0.3 is 0 Å². The Bertz CT molecular complexity index is 1310. The van der Waals surface area contributed by atoms with Crippen molar-refractivity contribution in [3.63, 3.8) is 0 Å². The topological polar surface area (TPSA) is 31.2 Å². The third kappa shape index (κ3) is 2.03. The zero-order chi connectivity index (χ0) is 18.1. The average Bonchev–Trinajstić information content (AvgIpc) is 2.63. The molecule has 2 heterocycles. The van der Waals surface area contributed by atoms with Crippen LogP contribution in [0.4, 0.5) is 0 Å². The van der Waals surface area contributed by atoms with Crippen molar-refractivity contribution in [1.29, 1.82) is 0 Å². The molecule has 1 aliphatic rings. The number of pyridine rings is 1. The van der Waals surface area contributed by atoms with Crippen LogP contribution in [0.3, 0.4) is 0 Å². The maximum absolute atomic E-state index is 13.2.